The second kappa shape index (κ2) is 10.4. The fraction of sp³-hybridized carbons (Fsp3) is 0.533. The number of rotatable bonds is 10. The first-order valence-corrected chi connectivity index (χ1v) is 14.5. The number of allylic oxidation sites excluding steroid dienone is 1. The molecule has 37 heavy (non-hydrogen) atoms. The number of fused-ring (bicyclic) bond motifs is 1. The maximum absolute atomic E-state index is 12.1. The molecule has 0 bridgehead atoms. The number of phosphoric acid groups is 3. The number of hydrogen-bond acceptors (Lipinski definition) is 12. The summed E-state index contributed by atoms with van der Waals surface area (Å²) in [6.07, 6.45) is -2.84. The van der Waals surface area contributed by atoms with Crippen LogP contribution in [0.1, 0.15) is 20.3 Å². The third-order valence-electron chi connectivity index (χ3n) is 4.99. The molecule has 2 aromatic rings. The molecule has 2 aromatic heterocycles. The maximum atomic E-state index is 12.1. The molecule has 0 aromatic carbocycles. The third kappa shape index (κ3) is 6.79. The topological polar surface area (TPSA) is 293 Å². The first kappa shape index (κ1) is 29.7. The number of H-pyrrole nitrogens is 2. The van der Waals surface area contributed by atoms with Crippen LogP contribution in [0.2, 0.25) is 0 Å². The Balaban J connectivity index is 1.93. The summed E-state index contributed by atoms with van der Waals surface area (Å²) < 4.78 is 53.0. The van der Waals surface area contributed by atoms with E-state index in [-0.39, 0.29) is 17.6 Å². The number of ether oxygens (including phenoxy) is 1. The van der Waals surface area contributed by atoms with Crippen LogP contribution in [0.5, 0.6) is 0 Å². The first-order chi connectivity index (χ1) is 16.9. The Labute approximate surface area is 205 Å². The van der Waals surface area contributed by atoms with E-state index in [0.717, 1.165) is 16.5 Å². The summed E-state index contributed by atoms with van der Waals surface area (Å²) in [6, 6.07) is 0. The van der Waals surface area contributed by atoms with E-state index in [1.54, 1.807) is 19.9 Å². The molecular formula is C15H23N4O15P3. The summed E-state index contributed by atoms with van der Waals surface area (Å²) in [5.41, 5.74) is -3.40. The zero-order valence-electron chi connectivity index (χ0n) is 18.9. The number of phosphoric ester groups is 1. The van der Waals surface area contributed by atoms with Crippen molar-refractivity contribution in [1.29, 1.82) is 0 Å². The first-order valence-electron chi connectivity index (χ1n) is 10.0. The van der Waals surface area contributed by atoms with Crippen LogP contribution < -0.4 is 11.2 Å². The highest BCUT2D eigenvalue weighted by Crippen LogP contribution is 2.66. The molecule has 3 heterocycles. The van der Waals surface area contributed by atoms with Gasteiger partial charge in [-0.1, -0.05) is 11.6 Å². The highest BCUT2D eigenvalue weighted by molar-refractivity contribution is 7.66. The molecule has 1 saturated heterocycles. The maximum Gasteiger partial charge on any atom is 0.490 e. The van der Waals surface area contributed by atoms with E-state index in [1.165, 1.54) is 0 Å². The standard InChI is InChI=1S/C15H23N4O15P3/c1-7(2)3-4-15(19-6-16-9-12(19)17-14(23)18-13(9)22)11(21)10(20)8(32-15)5-31-36(27,28)34-37(29,30)33-35(24,25)26/h3,6,8,10-11,20-21H,4-5H2,1-2H3,(H,27,28)(H,29,30)(H2,24,25,26)(H2,17,18,22,23)/t8-,10-,11-,15-/m1/s1. The van der Waals surface area contributed by atoms with Gasteiger partial charge in [0.2, 0.25) is 0 Å². The Kier molecular flexibility index (Phi) is 8.35. The van der Waals surface area contributed by atoms with Gasteiger partial charge in [-0.15, -0.1) is 0 Å². The molecular weight excluding hydrogens is 569 g/mol. The van der Waals surface area contributed by atoms with Gasteiger partial charge in [-0.05, 0) is 13.8 Å². The van der Waals surface area contributed by atoms with Crippen LogP contribution in [0, 0.1) is 0 Å². The molecule has 1 aliphatic rings. The minimum Gasteiger partial charge on any atom is -0.387 e. The number of nitrogens with one attached hydrogen (secondary N) is 2. The van der Waals surface area contributed by atoms with Crippen molar-refractivity contribution in [1.82, 2.24) is 19.5 Å². The average Bonchev–Trinajstić information content (AvgIpc) is 3.23. The summed E-state index contributed by atoms with van der Waals surface area (Å²) in [5.74, 6) is 0. The number of imidazole rings is 1. The number of aromatic nitrogens is 4. The molecule has 3 rings (SSSR count). The van der Waals surface area contributed by atoms with E-state index in [9.17, 15) is 43.3 Å². The summed E-state index contributed by atoms with van der Waals surface area (Å²) in [4.78, 5) is 68.3. The molecule has 208 valence electrons. The minimum atomic E-state index is -5.79. The predicted octanol–water partition coefficient (Wildman–Crippen LogP) is -1.11. The molecule has 0 spiro atoms. The lowest BCUT2D eigenvalue weighted by molar-refractivity contribution is -0.142. The van der Waals surface area contributed by atoms with Gasteiger partial charge in [-0.25, -0.2) is 23.5 Å². The van der Waals surface area contributed by atoms with Crippen molar-refractivity contribution in [3.05, 3.63) is 38.8 Å². The molecule has 1 aliphatic heterocycles. The van der Waals surface area contributed by atoms with Crippen molar-refractivity contribution in [2.75, 3.05) is 6.61 Å². The monoisotopic (exact) mass is 592 g/mol. The van der Waals surface area contributed by atoms with Crippen molar-refractivity contribution >= 4 is 34.6 Å². The molecule has 0 amide bonds. The van der Waals surface area contributed by atoms with Crippen molar-refractivity contribution in [3.8, 4) is 0 Å². The molecule has 19 nitrogen and oxygen atoms in total. The van der Waals surface area contributed by atoms with Gasteiger partial charge in [0, 0.05) is 6.42 Å². The molecule has 2 unspecified atom stereocenters. The Bertz CT molecular complexity index is 1450. The van der Waals surface area contributed by atoms with Gasteiger partial charge >= 0.3 is 29.2 Å². The van der Waals surface area contributed by atoms with E-state index >= 15 is 0 Å². The number of aliphatic hydroxyl groups is 2. The average molecular weight is 592 g/mol. The second-order valence-corrected chi connectivity index (χ2v) is 12.4. The SMILES string of the molecule is CC(C)=CC[C@@]1(n2cnc3c(=O)[nH]c(=O)[nH]c32)O[C@H](COP(=O)(O)OP(=O)(O)OP(=O)(O)O)[C@@H](O)[C@H]1O. The third-order valence-corrected chi connectivity index (χ3v) is 8.79. The second-order valence-electron chi connectivity index (χ2n) is 8.03. The van der Waals surface area contributed by atoms with Gasteiger partial charge in [-0.3, -0.25) is 23.9 Å². The quantitative estimate of drug-likeness (QED) is 0.120. The van der Waals surface area contributed by atoms with Crippen molar-refractivity contribution < 1.29 is 61.4 Å². The van der Waals surface area contributed by atoms with Crippen molar-refractivity contribution in [2.24, 2.45) is 0 Å². The zero-order valence-corrected chi connectivity index (χ0v) is 21.6. The fourth-order valence-electron chi connectivity index (χ4n) is 3.51. The van der Waals surface area contributed by atoms with E-state index in [0.29, 0.717) is 0 Å². The number of aromatic amines is 2. The van der Waals surface area contributed by atoms with E-state index in [1.807, 2.05) is 4.98 Å². The smallest absolute Gasteiger partial charge is 0.387 e. The normalized spacial score (nSPS) is 27.6. The summed E-state index contributed by atoms with van der Waals surface area (Å²) >= 11 is 0. The van der Waals surface area contributed by atoms with Crippen LogP contribution in [0.25, 0.3) is 11.2 Å². The number of hydrogen-bond donors (Lipinski definition) is 8. The molecule has 0 aliphatic carbocycles. The van der Waals surface area contributed by atoms with Gasteiger partial charge < -0.3 is 34.5 Å². The number of aliphatic hydroxyl groups excluding tert-OH is 2. The lowest BCUT2D eigenvalue weighted by Crippen LogP contribution is -2.45. The van der Waals surface area contributed by atoms with E-state index in [2.05, 4.69) is 23.1 Å². The van der Waals surface area contributed by atoms with Crippen LogP contribution >= 0.6 is 23.5 Å². The Morgan fingerprint density at radius 3 is 2.38 bits per heavy atom. The van der Waals surface area contributed by atoms with E-state index < -0.39 is 65.4 Å². The lowest BCUT2D eigenvalue weighted by Gasteiger charge is -2.33. The van der Waals surface area contributed by atoms with Gasteiger partial charge in [0.25, 0.3) is 5.56 Å². The van der Waals surface area contributed by atoms with Gasteiger partial charge in [0.1, 0.15) is 24.0 Å². The molecule has 8 N–H and O–H groups in total. The largest absolute Gasteiger partial charge is 0.490 e. The van der Waals surface area contributed by atoms with Crippen LogP contribution in [0.3, 0.4) is 0 Å². The van der Waals surface area contributed by atoms with Crippen LogP contribution in [-0.4, -0.2) is 74.2 Å². The Morgan fingerprint density at radius 1 is 1.14 bits per heavy atom. The lowest BCUT2D eigenvalue weighted by atomic mass is 9.98. The van der Waals surface area contributed by atoms with Gasteiger partial charge in [-0.2, -0.15) is 8.62 Å². The van der Waals surface area contributed by atoms with Crippen LogP contribution in [-0.2, 0) is 37.3 Å². The molecule has 6 atom stereocenters. The Hall–Kier alpha value is -1.82. The summed E-state index contributed by atoms with van der Waals surface area (Å²) in [6.45, 7) is 2.34. The summed E-state index contributed by atoms with van der Waals surface area (Å²) in [7, 11) is -17.0. The highest BCUT2D eigenvalue weighted by Gasteiger charge is 2.56. The highest BCUT2D eigenvalue weighted by atomic mass is 31.3. The van der Waals surface area contributed by atoms with Crippen molar-refractivity contribution in [3.63, 3.8) is 0 Å². The zero-order chi connectivity index (χ0) is 28.0. The molecule has 22 heteroatoms. The van der Waals surface area contributed by atoms with Crippen molar-refractivity contribution in [2.45, 2.75) is 44.3 Å². The minimum absolute atomic E-state index is 0.181. The fourth-order valence-corrected chi connectivity index (χ4v) is 6.54. The predicted molar refractivity (Wildman–Crippen MR) is 120 cm³/mol. The molecule has 0 radical (unpaired) electrons. The Morgan fingerprint density at radius 2 is 1.78 bits per heavy atom. The molecule has 1 fully saturated rings. The van der Waals surface area contributed by atoms with E-state index in [4.69, 9.17) is 14.5 Å². The summed E-state index contributed by atoms with van der Waals surface area (Å²) in [5, 5.41) is 21.6. The van der Waals surface area contributed by atoms with Gasteiger partial charge in [0.15, 0.2) is 11.2 Å². The van der Waals surface area contributed by atoms with Crippen LogP contribution in [0.4, 0.5) is 0 Å². The van der Waals surface area contributed by atoms with Crippen LogP contribution in [0.15, 0.2) is 27.6 Å². The molecule has 0 saturated carbocycles. The number of nitrogens with zero attached hydrogens (tertiary/aromatic N) is 2. The van der Waals surface area contributed by atoms with Gasteiger partial charge in [0.05, 0.1) is 12.9 Å².